The van der Waals surface area contributed by atoms with Gasteiger partial charge in [-0.1, -0.05) is 23.7 Å². The smallest absolute Gasteiger partial charge is 0.166 e. The van der Waals surface area contributed by atoms with E-state index in [-0.39, 0.29) is 0 Å². The van der Waals surface area contributed by atoms with E-state index in [0.29, 0.717) is 33.7 Å². The zero-order chi connectivity index (χ0) is 23.0. The highest BCUT2D eigenvalue weighted by atomic mass is 35.5. The highest BCUT2D eigenvalue weighted by Gasteiger charge is 2.45. The van der Waals surface area contributed by atoms with Crippen LogP contribution in [0.2, 0.25) is 5.02 Å². The number of rotatable bonds is 6. The predicted molar refractivity (Wildman–Crippen MR) is 116 cm³/mol. The van der Waals surface area contributed by atoms with Gasteiger partial charge in [0.05, 0.1) is 31.2 Å². The first-order valence-electron chi connectivity index (χ1n) is 10.1. The number of aliphatic hydroxyl groups is 4. The first-order chi connectivity index (χ1) is 15.4. The molecule has 3 aromatic rings. The number of fused-ring (bicyclic) bond motifs is 1. The Kier molecular flexibility index (Phi) is 6.62. The summed E-state index contributed by atoms with van der Waals surface area (Å²) in [7, 11) is 3.09. The number of hydrogen-bond donors (Lipinski definition) is 4. The van der Waals surface area contributed by atoms with Gasteiger partial charge in [0.1, 0.15) is 48.1 Å². The lowest BCUT2D eigenvalue weighted by atomic mass is 9.89. The first-order valence-corrected chi connectivity index (χ1v) is 10.5. The summed E-state index contributed by atoms with van der Waals surface area (Å²) in [6, 6.07) is 9.26. The van der Waals surface area contributed by atoms with E-state index in [1.54, 1.807) is 13.2 Å². The number of hydrogen-bond acceptors (Lipinski definition) is 8. The van der Waals surface area contributed by atoms with Gasteiger partial charge in [0, 0.05) is 5.56 Å². The summed E-state index contributed by atoms with van der Waals surface area (Å²) >= 11 is 6.73. The summed E-state index contributed by atoms with van der Waals surface area (Å²) in [5.41, 5.74) is 2.44. The molecule has 5 unspecified atom stereocenters. The Balaban J connectivity index is 1.83. The zero-order valence-corrected chi connectivity index (χ0v) is 18.3. The third kappa shape index (κ3) is 3.94. The third-order valence-corrected chi connectivity index (χ3v) is 6.25. The quantitative estimate of drug-likeness (QED) is 0.438. The molecule has 0 aliphatic carbocycles. The number of methoxy groups -OCH3 is 2. The fourth-order valence-electron chi connectivity index (χ4n) is 4.05. The molecule has 1 saturated heterocycles. The van der Waals surface area contributed by atoms with E-state index in [1.165, 1.54) is 13.4 Å². The molecule has 172 valence electrons. The van der Waals surface area contributed by atoms with E-state index >= 15 is 0 Å². The maximum Gasteiger partial charge on any atom is 0.166 e. The van der Waals surface area contributed by atoms with Crippen molar-refractivity contribution in [2.45, 2.75) is 36.9 Å². The Hall–Kier alpha value is -2.33. The van der Waals surface area contributed by atoms with Crippen LogP contribution in [0.1, 0.15) is 22.8 Å². The second-order valence-corrected chi connectivity index (χ2v) is 8.10. The molecule has 4 N–H and O–H groups in total. The van der Waals surface area contributed by atoms with Gasteiger partial charge >= 0.3 is 0 Å². The first kappa shape index (κ1) is 22.8. The van der Waals surface area contributed by atoms with Crippen molar-refractivity contribution < 1.29 is 39.1 Å². The average molecular weight is 465 g/mol. The van der Waals surface area contributed by atoms with Crippen LogP contribution >= 0.6 is 11.6 Å². The summed E-state index contributed by atoms with van der Waals surface area (Å²) < 4.78 is 22.1. The van der Waals surface area contributed by atoms with Gasteiger partial charge in [-0.15, -0.1) is 0 Å². The minimum atomic E-state index is -1.52. The van der Waals surface area contributed by atoms with Crippen molar-refractivity contribution in [1.29, 1.82) is 0 Å². The van der Waals surface area contributed by atoms with Crippen molar-refractivity contribution >= 4 is 22.6 Å². The van der Waals surface area contributed by atoms with Crippen LogP contribution in [0.25, 0.3) is 11.0 Å². The molecule has 4 rings (SSSR count). The van der Waals surface area contributed by atoms with Crippen molar-refractivity contribution in [3.8, 4) is 11.5 Å². The topological polar surface area (TPSA) is 122 Å². The highest BCUT2D eigenvalue weighted by Crippen LogP contribution is 2.44. The van der Waals surface area contributed by atoms with E-state index < -0.39 is 37.1 Å². The molecule has 8 nitrogen and oxygen atoms in total. The Bertz CT molecular complexity index is 1080. The van der Waals surface area contributed by atoms with Crippen LogP contribution in [0, 0.1) is 0 Å². The Labute approximate surface area is 189 Å². The third-order valence-electron chi connectivity index (χ3n) is 5.82. The molecule has 1 aliphatic heterocycles. The summed E-state index contributed by atoms with van der Waals surface area (Å²) in [6.07, 6.45) is -4.69. The number of aliphatic hydroxyl groups excluding tert-OH is 4. The molecular weight excluding hydrogens is 440 g/mol. The largest absolute Gasteiger partial charge is 0.497 e. The Morgan fingerprint density at radius 1 is 1.00 bits per heavy atom. The molecule has 1 aliphatic rings. The lowest BCUT2D eigenvalue weighted by Gasteiger charge is -2.40. The number of ether oxygens (including phenoxy) is 3. The summed E-state index contributed by atoms with van der Waals surface area (Å²) in [6.45, 7) is -0.529. The van der Waals surface area contributed by atoms with Crippen LogP contribution in [-0.4, -0.2) is 65.7 Å². The standard InChI is InChI=1S/C23H25ClO8/c1-29-13-5-3-11(4-6-13)7-12-8-14(22-17(18(12)24)16(30-2)10-31-22)23-21(28)20(27)19(26)15(9-25)32-23/h3-6,8,10,15,19-21,23,25-28H,7,9H2,1-2H3. The molecule has 32 heavy (non-hydrogen) atoms. The Morgan fingerprint density at radius 2 is 1.72 bits per heavy atom. The van der Waals surface area contributed by atoms with E-state index in [1.807, 2.05) is 24.3 Å². The fourth-order valence-corrected chi connectivity index (χ4v) is 4.35. The van der Waals surface area contributed by atoms with E-state index in [0.717, 1.165) is 16.9 Å². The monoisotopic (exact) mass is 464 g/mol. The van der Waals surface area contributed by atoms with Crippen LogP contribution < -0.4 is 9.47 Å². The van der Waals surface area contributed by atoms with Crippen molar-refractivity contribution in [3.63, 3.8) is 0 Å². The van der Waals surface area contributed by atoms with E-state index in [4.69, 9.17) is 30.2 Å². The molecule has 0 bridgehead atoms. The van der Waals surface area contributed by atoms with Crippen molar-refractivity contribution in [2.24, 2.45) is 0 Å². The summed E-state index contributed by atoms with van der Waals surface area (Å²) in [4.78, 5) is 0. The van der Waals surface area contributed by atoms with Crippen molar-refractivity contribution in [2.75, 3.05) is 20.8 Å². The van der Waals surface area contributed by atoms with Gasteiger partial charge in [0.2, 0.25) is 0 Å². The van der Waals surface area contributed by atoms with Gasteiger partial charge in [-0.25, -0.2) is 0 Å². The maximum absolute atomic E-state index is 10.7. The second kappa shape index (κ2) is 9.27. The molecule has 5 atom stereocenters. The maximum atomic E-state index is 10.7. The molecule has 2 aromatic carbocycles. The Morgan fingerprint density at radius 3 is 2.34 bits per heavy atom. The number of halogens is 1. The van der Waals surface area contributed by atoms with Crippen LogP contribution in [0.4, 0.5) is 0 Å². The SMILES string of the molecule is COc1ccc(Cc2cc(C3OC(CO)C(O)C(O)C3O)c3occ(OC)c3c2Cl)cc1. The van der Waals surface area contributed by atoms with Gasteiger partial charge in [-0.05, 0) is 35.7 Å². The van der Waals surface area contributed by atoms with Gasteiger partial charge in [0.15, 0.2) is 5.75 Å². The molecule has 0 saturated carbocycles. The molecule has 1 aromatic heterocycles. The van der Waals surface area contributed by atoms with Crippen LogP contribution in [-0.2, 0) is 11.2 Å². The number of furan rings is 1. The summed E-state index contributed by atoms with van der Waals surface area (Å²) in [5, 5.41) is 41.6. The second-order valence-electron chi connectivity index (χ2n) is 7.72. The van der Waals surface area contributed by atoms with Crippen molar-refractivity contribution in [3.05, 3.63) is 58.3 Å². The molecule has 9 heteroatoms. The average Bonchev–Trinajstić information content (AvgIpc) is 3.25. The molecule has 1 fully saturated rings. The molecule has 2 heterocycles. The molecular formula is C23H25ClO8. The van der Waals surface area contributed by atoms with E-state index in [9.17, 15) is 20.4 Å². The number of benzene rings is 2. The highest BCUT2D eigenvalue weighted by molar-refractivity contribution is 6.37. The van der Waals surface area contributed by atoms with Gasteiger partial charge < -0.3 is 39.1 Å². The summed E-state index contributed by atoms with van der Waals surface area (Å²) in [5.74, 6) is 1.14. The lowest BCUT2D eigenvalue weighted by Crippen LogP contribution is -2.55. The fraction of sp³-hybridized carbons (Fsp3) is 0.391. The molecule has 0 spiro atoms. The minimum absolute atomic E-state index is 0.328. The van der Waals surface area contributed by atoms with Crippen LogP contribution in [0.15, 0.2) is 41.0 Å². The molecule has 0 amide bonds. The van der Waals surface area contributed by atoms with Crippen molar-refractivity contribution in [1.82, 2.24) is 0 Å². The zero-order valence-electron chi connectivity index (χ0n) is 17.6. The normalized spacial score (nSPS) is 25.8. The minimum Gasteiger partial charge on any atom is -0.497 e. The lowest BCUT2D eigenvalue weighted by molar-refractivity contribution is -0.231. The van der Waals surface area contributed by atoms with E-state index in [2.05, 4.69) is 0 Å². The van der Waals surface area contributed by atoms with Crippen LogP contribution in [0.3, 0.4) is 0 Å². The van der Waals surface area contributed by atoms with Gasteiger partial charge in [0.25, 0.3) is 0 Å². The van der Waals surface area contributed by atoms with Gasteiger partial charge in [-0.3, -0.25) is 0 Å². The van der Waals surface area contributed by atoms with Gasteiger partial charge in [-0.2, -0.15) is 0 Å². The predicted octanol–water partition coefficient (Wildman–Crippen LogP) is 2.21. The van der Waals surface area contributed by atoms with Crippen LogP contribution in [0.5, 0.6) is 11.5 Å². The molecule has 0 radical (unpaired) electrons.